The van der Waals surface area contributed by atoms with Crippen LogP contribution in [0.1, 0.15) is 19.4 Å². The fourth-order valence-corrected chi connectivity index (χ4v) is 3.04. The third kappa shape index (κ3) is 4.29. The molecule has 0 amide bonds. The van der Waals surface area contributed by atoms with Gasteiger partial charge in [-0.25, -0.2) is 4.79 Å². The molecule has 0 aliphatic carbocycles. The highest BCUT2D eigenvalue weighted by Crippen LogP contribution is 2.18. The number of rotatable bonds is 5. The number of carbonyl (C=O) groups is 1. The fraction of sp³-hybridized carbons (Fsp3) is 0.250. The summed E-state index contributed by atoms with van der Waals surface area (Å²) in [5.74, 6) is 0.408. The summed E-state index contributed by atoms with van der Waals surface area (Å²) in [5, 5.41) is 0.653. The Kier molecular flexibility index (Phi) is 5.91. The summed E-state index contributed by atoms with van der Waals surface area (Å²) in [6.45, 7) is 4.64. The summed E-state index contributed by atoms with van der Waals surface area (Å²) >= 11 is 6.58. The molecular formula is C16H17NO3S2. The van der Waals surface area contributed by atoms with Crippen molar-refractivity contribution in [3.05, 3.63) is 43.7 Å². The quantitative estimate of drug-likeness (QED) is 0.673. The average Bonchev–Trinajstić information content (AvgIpc) is 2.81. The van der Waals surface area contributed by atoms with Crippen molar-refractivity contribution in [1.29, 1.82) is 0 Å². The number of benzene rings is 1. The molecule has 0 radical (unpaired) electrons. The van der Waals surface area contributed by atoms with Gasteiger partial charge in [-0.1, -0.05) is 18.2 Å². The smallest absolute Gasteiger partial charge is 0.332 e. The molecule has 6 heteroatoms. The lowest BCUT2D eigenvalue weighted by Gasteiger charge is -2.05. The molecule has 0 aliphatic heterocycles. The molecule has 0 saturated heterocycles. The third-order valence-corrected chi connectivity index (χ3v) is 3.96. The van der Waals surface area contributed by atoms with Crippen LogP contribution in [0.4, 0.5) is 0 Å². The molecule has 1 aromatic heterocycles. The average molecular weight is 335 g/mol. The van der Waals surface area contributed by atoms with Gasteiger partial charge in [0.2, 0.25) is 0 Å². The molecule has 0 unspecified atom stereocenters. The molecular weight excluding hydrogens is 318 g/mol. The first-order valence-corrected chi connectivity index (χ1v) is 8.17. The van der Waals surface area contributed by atoms with Crippen LogP contribution in [0.25, 0.3) is 12.2 Å². The number of aromatic nitrogens is 1. The van der Waals surface area contributed by atoms with E-state index in [4.69, 9.17) is 21.7 Å². The lowest BCUT2D eigenvalue weighted by atomic mass is 10.2. The van der Waals surface area contributed by atoms with E-state index in [2.05, 4.69) is 4.98 Å². The van der Waals surface area contributed by atoms with Crippen LogP contribution in [0.2, 0.25) is 0 Å². The third-order valence-electron chi connectivity index (χ3n) is 2.76. The van der Waals surface area contributed by atoms with Gasteiger partial charge < -0.3 is 14.5 Å². The number of hydrogen-bond donors (Lipinski definition) is 1. The number of thiazole rings is 1. The van der Waals surface area contributed by atoms with Crippen molar-refractivity contribution in [3.8, 4) is 5.75 Å². The molecule has 2 aromatic rings. The molecule has 0 saturated carbocycles. The zero-order valence-corrected chi connectivity index (χ0v) is 14.1. The van der Waals surface area contributed by atoms with E-state index in [0.29, 0.717) is 22.5 Å². The SMILES string of the molecule is CCOC(=O)/C=c1\[nH]c(=S)s\c1=C/c1ccccc1OCC. The highest BCUT2D eigenvalue weighted by molar-refractivity contribution is 7.73. The van der Waals surface area contributed by atoms with Crippen molar-refractivity contribution >= 4 is 41.7 Å². The first kappa shape index (κ1) is 16.5. The molecule has 0 bridgehead atoms. The van der Waals surface area contributed by atoms with Gasteiger partial charge in [-0.2, -0.15) is 0 Å². The Labute approximate surface area is 137 Å². The van der Waals surface area contributed by atoms with Gasteiger partial charge in [-0.15, -0.1) is 11.3 Å². The molecule has 0 fully saturated rings. The molecule has 0 spiro atoms. The predicted molar refractivity (Wildman–Crippen MR) is 91.0 cm³/mol. The van der Waals surface area contributed by atoms with Gasteiger partial charge in [-0.3, -0.25) is 0 Å². The highest BCUT2D eigenvalue weighted by atomic mass is 32.1. The van der Waals surface area contributed by atoms with E-state index >= 15 is 0 Å². The second kappa shape index (κ2) is 7.91. The molecule has 116 valence electrons. The van der Waals surface area contributed by atoms with Crippen molar-refractivity contribution in [2.45, 2.75) is 13.8 Å². The van der Waals surface area contributed by atoms with E-state index in [1.165, 1.54) is 17.4 Å². The lowest BCUT2D eigenvalue weighted by Crippen LogP contribution is -2.23. The molecule has 1 N–H and O–H groups in total. The van der Waals surface area contributed by atoms with Crippen LogP contribution < -0.4 is 14.6 Å². The second-order valence-electron chi connectivity index (χ2n) is 4.30. The van der Waals surface area contributed by atoms with E-state index in [0.717, 1.165) is 15.8 Å². The number of esters is 1. The first-order valence-electron chi connectivity index (χ1n) is 6.95. The number of para-hydroxylation sites is 1. The fourth-order valence-electron chi connectivity index (χ4n) is 1.90. The molecule has 4 nitrogen and oxygen atoms in total. The second-order valence-corrected chi connectivity index (χ2v) is 6.02. The minimum Gasteiger partial charge on any atom is -0.493 e. The predicted octanol–water partition coefficient (Wildman–Crippen LogP) is 2.38. The number of aromatic amines is 1. The molecule has 0 atom stereocenters. The van der Waals surface area contributed by atoms with Gasteiger partial charge in [0.25, 0.3) is 0 Å². The van der Waals surface area contributed by atoms with Crippen LogP contribution in [0, 0.1) is 3.95 Å². The van der Waals surface area contributed by atoms with E-state index in [1.54, 1.807) is 6.92 Å². The number of ether oxygens (including phenoxy) is 2. The largest absolute Gasteiger partial charge is 0.493 e. The number of carbonyl (C=O) groups excluding carboxylic acids is 1. The van der Waals surface area contributed by atoms with Gasteiger partial charge in [0.15, 0.2) is 3.95 Å². The number of hydrogen-bond acceptors (Lipinski definition) is 5. The van der Waals surface area contributed by atoms with Crippen molar-refractivity contribution in [2.75, 3.05) is 13.2 Å². The van der Waals surface area contributed by atoms with E-state index in [1.807, 2.05) is 37.3 Å². The summed E-state index contributed by atoms with van der Waals surface area (Å²) in [6.07, 6.45) is 3.37. The zero-order valence-electron chi connectivity index (χ0n) is 12.4. The Bertz CT molecular complexity index is 820. The molecule has 0 aliphatic rings. The first-order chi connectivity index (χ1) is 10.6. The standard InChI is InChI=1S/C16H17NO3S2/c1-3-19-13-8-6-5-7-11(13)9-14-12(17-16(21)22-14)10-15(18)20-4-2/h5-10H,3-4H2,1-2H3,(H,17,21)/b12-10-,14-9-. The van der Waals surface area contributed by atoms with Crippen LogP contribution in [-0.4, -0.2) is 24.2 Å². The molecule has 22 heavy (non-hydrogen) atoms. The van der Waals surface area contributed by atoms with Crippen molar-refractivity contribution in [2.24, 2.45) is 0 Å². The zero-order chi connectivity index (χ0) is 15.9. The number of H-pyrrole nitrogens is 1. The summed E-state index contributed by atoms with van der Waals surface area (Å²) in [4.78, 5) is 14.6. The van der Waals surface area contributed by atoms with Gasteiger partial charge >= 0.3 is 5.97 Å². The van der Waals surface area contributed by atoms with Gasteiger partial charge in [-0.05, 0) is 38.2 Å². The minimum absolute atomic E-state index is 0.340. The van der Waals surface area contributed by atoms with Gasteiger partial charge in [0.1, 0.15) is 5.75 Å². The van der Waals surface area contributed by atoms with E-state index in [-0.39, 0.29) is 5.97 Å². The summed E-state index contributed by atoms with van der Waals surface area (Å²) in [6, 6.07) is 7.74. The Hall–Kier alpha value is -1.92. The van der Waals surface area contributed by atoms with Crippen molar-refractivity contribution < 1.29 is 14.3 Å². The van der Waals surface area contributed by atoms with Crippen LogP contribution in [0.15, 0.2) is 24.3 Å². The van der Waals surface area contributed by atoms with Crippen LogP contribution >= 0.6 is 23.6 Å². The minimum atomic E-state index is -0.390. The van der Waals surface area contributed by atoms with Gasteiger partial charge in [0, 0.05) is 11.6 Å². The Morgan fingerprint density at radius 3 is 2.82 bits per heavy atom. The maximum atomic E-state index is 11.6. The lowest BCUT2D eigenvalue weighted by molar-refractivity contribution is -0.135. The van der Waals surface area contributed by atoms with Crippen molar-refractivity contribution in [1.82, 2.24) is 4.98 Å². The van der Waals surface area contributed by atoms with E-state index < -0.39 is 0 Å². The maximum Gasteiger partial charge on any atom is 0.332 e. The van der Waals surface area contributed by atoms with Gasteiger partial charge in [0.05, 0.1) is 23.1 Å². The molecule has 2 rings (SSSR count). The van der Waals surface area contributed by atoms with Crippen molar-refractivity contribution in [3.63, 3.8) is 0 Å². The van der Waals surface area contributed by atoms with E-state index in [9.17, 15) is 4.79 Å². The normalized spacial score (nSPS) is 12.5. The summed E-state index contributed by atoms with van der Waals surface area (Å²) in [7, 11) is 0. The Morgan fingerprint density at radius 1 is 1.32 bits per heavy atom. The monoisotopic (exact) mass is 335 g/mol. The van der Waals surface area contributed by atoms with Crippen LogP contribution in [-0.2, 0) is 9.53 Å². The summed E-state index contributed by atoms with van der Waals surface area (Å²) in [5.41, 5.74) is 0.938. The maximum absolute atomic E-state index is 11.6. The highest BCUT2D eigenvalue weighted by Gasteiger charge is 2.02. The Balaban J connectivity index is 2.54. The number of nitrogens with one attached hydrogen (secondary N) is 1. The summed E-state index contributed by atoms with van der Waals surface area (Å²) < 4.78 is 12.0. The Morgan fingerprint density at radius 2 is 2.09 bits per heavy atom. The van der Waals surface area contributed by atoms with Crippen LogP contribution in [0.3, 0.4) is 0 Å². The molecule has 1 heterocycles. The van der Waals surface area contributed by atoms with Crippen LogP contribution in [0.5, 0.6) is 5.75 Å². The molecule has 1 aromatic carbocycles. The topological polar surface area (TPSA) is 51.3 Å².